The largest absolute Gasteiger partial charge is 0.362 e. The van der Waals surface area contributed by atoms with Gasteiger partial charge in [-0.2, -0.15) is 0 Å². The zero-order chi connectivity index (χ0) is 15.9. The predicted octanol–water partition coefficient (Wildman–Crippen LogP) is 0.661. The van der Waals surface area contributed by atoms with E-state index in [0.717, 1.165) is 37.3 Å². The Morgan fingerprint density at radius 1 is 1.36 bits per heavy atom. The second-order valence-electron chi connectivity index (χ2n) is 6.57. The van der Waals surface area contributed by atoms with Crippen molar-refractivity contribution in [2.45, 2.75) is 25.5 Å². The van der Waals surface area contributed by atoms with Crippen LogP contribution in [-0.2, 0) is 23.1 Å². The molecule has 120 valence electrons. The van der Waals surface area contributed by atoms with Gasteiger partial charge in [-0.3, -0.25) is 14.5 Å². The van der Waals surface area contributed by atoms with Gasteiger partial charge in [0.25, 0.3) is 0 Å². The Balaban J connectivity index is 1.66. The molecule has 2 fully saturated rings. The Hall–Kier alpha value is -1.66. The summed E-state index contributed by atoms with van der Waals surface area (Å²) in [6.45, 7) is 5.00. The molecule has 0 radical (unpaired) electrons. The second kappa shape index (κ2) is 5.52. The van der Waals surface area contributed by atoms with E-state index in [1.54, 1.807) is 11.8 Å². The molecule has 1 aromatic rings. The Labute approximate surface area is 130 Å². The lowest BCUT2D eigenvalue weighted by Gasteiger charge is -2.38. The van der Waals surface area contributed by atoms with Gasteiger partial charge in [-0.05, 0) is 19.4 Å². The summed E-state index contributed by atoms with van der Waals surface area (Å²) in [6.07, 6.45) is 2.82. The Bertz CT molecular complexity index is 610. The number of ether oxygens (including phenoxy) is 1. The molecule has 22 heavy (non-hydrogen) atoms. The van der Waals surface area contributed by atoms with Gasteiger partial charge in [0.05, 0.1) is 6.54 Å². The van der Waals surface area contributed by atoms with E-state index in [1.807, 2.05) is 30.9 Å². The molecule has 0 N–H and O–H groups in total. The molecule has 0 bridgehead atoms. The quantitative estimate of drug-likeness (QED) is 0.770. The molecule has 1 atom stereocenters. The van der Waals surface area contributed by atoms with Crippen LogP contribution in [0.2, 0.25) is 0 Å². The zero-order valence-corrected chi connectivity index (χ0v) is 13.5. The summed E-state index contributed by atoms with van der Waals surface area (Å²) >= 11 is 0. The maximum absolute atomic E-state index is 11.6. The van der Waals surface area contributed by atoms with Crippen molar-refractivity contribution >= 4 is 11.7 Å². The number of ketones is 1. The first-order valence-corrected chi connectivity index (χ1v) is 7.65. The van der Waals surface area contributed by atoms with Crippen LogP contribution in [0.4, 0.5) is 0 Å². The fraction of sp³-hybridized carbons (Fsp3) is 0.625. The average Bonchev–Trinajstić information content (AvgIpc) is 3.01. The predicted molar refractivity (Wildman–Crippen MR) is 81.6 cm³/mol. The average molecular weight is 305 g/mol. The minimum Gasteiger partial charge on any atom is -0.362 e. The summed E-state index contributed by atoms with van der Waals surface area (Å²) in [4.78, 5) is 27.1. The first kappa shape index (κ1) is 15.2. The summed E-state index contributed by atoms with van der Waals surface area (Å²) in [6, 6.07) is 1.96. The van der Waals surface area contributed by atoms with Crippen molar-refractivity contribution in [1.29, 1.82) is 0 Å². The number of carbonyl (C=O) groups excluding carboxylic acids is 2. The Kier molecular flexibility index (Phi) is 3.82. The molecule has 1 aromatic heterocycles. The van der Waals surface area contributed by atoms with Crippen LogP contribution in [0.15, 0.2) is 12.3 Å². The van der Waals surface area contributed by atoms with Crippen LogP contribution in [0.25, 0.3) is 0 Å². The van der Waals surface area contributed by atoms with E-state index in [9.17, 15) is 9.59 Å². The second-order valence-corrected chi connectivity index (χ2v) is 6.57. The van der Waals surface area contributed by atoms with Gasteiger partial charge in [0, 0.05) is 51.2 Å². The summed E-state index contributed by atoms with van der Waals surface area (Å²) < 4.78 is 7.87. The number of nitrogens with zero attached hydrogens (tertiary/aromatic N) is 3. The third-order valence-corrected chi connectivity index (χ3v) is 4.75. The molecule has 2 saturated heterocycles. The zero-order valence-electron chi connectivity index (χ0n) is 13.5. The van der Waals surface area contributed by atoms with E-state index in [1.165, 1.54) is 0 Å². The minimum absolute atomic E-state index is 0.0533. The molecule has 0 aliphatic carbocycles. The minimum atomic E-state index is -0.225. The number of likely N-dealkylation sites (tertiary alicyclic amines) is 1. The van der Waals surface area contributed by atoms with E-state index >= 15 is 0 Å². The van der Waals surface area contributed by atoms with Crippen molar-refractivity contribution in [2.24, 2.45) is 7.05 Å². The maximum atomic E-state index is 11.6. The molecule has 3 rings (SSSR count). The molecule has 6 nitrogen and oxygen atoms in total. The first-order chi connectivity index (χ1) is 10.4. The van der Waals surface area contributed by atoms with Crippen molar-refractivity contribution in [3.63, 3.8) is 0 Å². The summed E-state index contributed by atoms with van der Waals surface area (Å²) in [5.41, 5.74) is 1.66. The van der Waals surface area contributed by atoms with Crippen LogP contribution in [0.3, 0.4) is 0 Å². The smallest absolute Gasteiger partial charge is 0.248 e. The van der Waals surface area contributed by atoms with Gasteiger partial charge in [-0.15, -0.1) is 0 Å². The number of hydrogen-bond donors (Lipinski definition) is 0. The monoisotopic (exact) mass is 305 g/mol. The van der Waals surface area contributed by atoms with Gasteiger partial charge >= 0.3 is 0 Å². The van der Waals surface area contributed by atoms with Gasteiger partial charge < -0.3 is 14.2 Å². The van der Waals surface area contributed by atoms with Crippen molar-refractivity contribution < 1.29 is 14.3 Å². The number of morpholine rings is 1. The number of rotatable bonds is 3. The topological polar surface area (TPSA) is 54.8 Å². The van der Waals surface area contributed by atoms with E-state index in [4.69, 9.17) is 4.74 Å². The fourth-order valence-electron chi connectivity index (χ4n) is 3.39. The van der Waals surface area contributed by atoms with E-state index < -0.39 is 0 Å². The molecule has 0 aromatic carbocycles. The van der Waals surface area contributed by atoms with Crippen LogP contribution < -0.4 is 0 Å². The number of aryl methyl sites for hydroxylation is 1. The van der Waals surface area contributed by atoms with Crippen molar-refractivity contribution in [1.82, 2.24) is 14.4 Å². The highest BCUT2D eigenvalue weighted by Crippen LogP contribution is 2.30. The van der Waals surface area contributed by atoms with Gasteiger partial charge in [0.2, 0.25) is 5.91 Å². The van der Waals surface area contributed by atoms with Gasteiger partial charge in [-0.25, -0.2) is 0 Å². The van der Waals surface area contributed by atoms with Gasteiger partial charge in [0.15, 0.2) is 5.78 Å². The fourth-order valence-corrected chi connectivity index (χ4v) is 3.39. The van der Waals surface area contributed by atoms with Crippen molar-refractivity contribution in [3.8, 4) is 0 Å². The number of hydrogen-bond acceptors (Lipinski definition) is 4. The number of likely N-dealkylation sites (N-methyl/N-ethyl adjacent to an activating group) is 1. The highest BCUT2D eigenvalue weighted by molar-refractivity contribution is 5.94. The molecule has 3 heterocycles. The number of amides is 1. The lowest BCUT2D eigenvalue weighted by Crippen LogP contribution is -2.54. The van der Waals surface area contributed by atoms with Crippen LogP contribution in [0.5, 0.6) is 0 Å². The molecule has 2 aliphatic heterocycles. The summed E-state index contributed by atoms with van der Waals surface area (Å²) in [7, 11) is 3.81. The normalized spacial score (nSPS) is 26.1. The Morgan fingerprint density at radius 2 is 2.14 bits per heavy atom. The van der Waals surface area contributed by atoms with Crippen molar-refractivity contribution in [3.05, 3.63) is 23.5 Å². The van der Waals surface area contributed by atoms with Gasteiger partial charge in [0.1, 0.15) is 12.2 Å². The maximum Gasteiger partial charge on any atom is 0.248 e. The SMILES string of the molecule is CC(=O)c1cc(CN2CCC3(C2)CN(C)C(=O)CO3)n(C)c1. The van der Waals surface area contributed by atoms with Crippen molar-refractivity contribution in [2.75, 3.05) is 33.3 Å². The molecule has 6 heteroatoms. The standard InChI is InChI=1S/C16H23N3O3/c1-12(20)13-6-14(17(2)7-13)8-19-5-4-16(11-19)10-18(3)15(21)9-22-16/h6-7H,4-5,8-11H2,1-3H3. The lowest BCUT2D eigenvalue weighted by atomic mass is 10.0. The van der Waals surface area contributed by atoms with E-state index in [-0.39, 0.29) is 23.9 Å². The van der Waals surface area contributed by atoms with Crippen LogP contribution in [-0.4, -0.2) is 64.9 Å². The summed E-state index contributed by atoms with van der Waals surface area (Å²) in [5, 5.41) is 0. The molecule has 0 saturated carbocycles. The molecule has 1 unspecified atom stereocenters. The lowest BCUT2D eigenvalue weighted by molar-refractivity contribution is -0.159. The molecular weight excluding hydrogens is 282 g/mol. The number of carbonyl (C=O) groups is 2. The number of aromatic nitrogens is 1. The Morgan fingerprint density at radius 3 is 2.77 bits per heavy atom. The third-order valence-electron chi connectivity index (χ3n) is 4.75. The van der Waals surface area contributed by atoms with Crippen LogP contribution in [0.1, 0.15) is 29.4 Å². The van der Waals surface area contributed by atoms with E-state index in [0.29, 0.717) is 6.54 Å². The summed E-state index contributed by atoms with van der Waals surface area (Å²) in [5.74, 6) is 0.146. The third kappa shape index (κ3) is 2.80. The molecular formula is C16H23N3O3. The number of Topliss-reactive ketones (excluding diaryl/α,β-unsaturated/α-hetero) is 1. The first-order valence-electron chi connectivity index (χ1n) is 7.65. The molecule has 2 aliphatic rings. The van der Waals surface area contributed by atoms with E-state index in [2.05, 4.69) is 4.90 Å². The highest BCUT2D eigenvalue weighted by Gasteiger charge is 2.44. The molecule has 1 spiro atoms. The van der Waals surface area contributed by atoms with Gasteiger partial charge in [-0.1, -0.05) is 0 Å². The van der Waals surface area contributed by atoms with Crippen LogP contribution in [0, 0.1) is 0 Å². The molecule has 1 amide bonds. The van der Waals surface area contributed by atoms with Crippen LogP contribution >= 0.6 is 0 Å². The highest BCUT2D eigenvalue weighted by atomic mass is 16.5.